The van der Waals surface area contributed by atoms with Gasteiger partial charge in [-0.3, -0.25) is 0 Å². The van der Waals surface area contributed by atoms with Crippen LogP contribution >= 0.6 is 0 Å². The first-order valence-corrected chi connectivity index (χ1v) is 6.08. The third kappa shape index (κ3) is 2.62. The molecule has 0 bridgehead atoms. The number of nitrogens with one attached hydrogen (secondary N) is 1. The van der Waals surface area contributed by atoms with Crippen molar-refractivity contribution in [2.45, 2.75) is 6.18 Å². The van der Waals surface area contributed by atoms with E-state index in [2.05, 4.69) is 9.97 Å². The monoisotopic (exact) mass is 334 g/mol. The topological polar surface area (TPSA) is 28.7 Å². The van der Waals surface area contributed by atoms with Gasteiger partial charge in [-0.15, -0.1) is 0 Å². The highest BCUT2D eigenvalue weighted by molar-refractivity contribution is 5.79. The molecule has 0 saturated carbocycles. The van der Waals surface area contributed by atoms with Crippen molar-refractivity contribution in [1.29, 1.82) is 0 Å². The van der Waals surface area contributed by atoms with E-state index in [1.807, 2.05) is 0 Å². The van der Waals surface area contributed by atoms with Crippen molar-refractivity contribution >= 4 is 11.0 Å². The number of alkyl halides is 3. The molecule has 0 amide bonds. The fraction of sp³-hybridized carbons (Fsp3) is 0.0714. The van der Waals surface area contributed by atoms with Crippen LogP contribution < -0.4 is 0 Å². The minimum atomic E-state index is -5.19. The number of benzene rings is 2. The molecule has 0 atom stereocenters. The van der Waals surface area contributed by atoms with E-state index in [0.29, 0.717) is 12.1 Å². The summed E-state index contributed by atoms with van der Waals surface area (Å²) in [5.41, 5.74) is -2.36. The summed E-state index contributed by atoms with van der Waals surface area (Å²) in [6.07, 6.45) is -5.19. The lowest BCUT2D eigenvalue weighted by molar-refractivity contribution is -0.142. The van der Waals surface area contributed by atoms with Crippen LogP contribution in [0.4, 0.5) is 30.7 Å². The Hall–Kier alpha value is -2.58. The summed E-state index contributed by atoms with van der Waals surface area (Å²) in [4.78, 5) is 6.24. The largest absolute Gasteiger partial charge is 0.422 e. The minimum Gasteiger partial charge on any atom is -0.338 e. The zero-order valence-corrected chi connectivity index (χ0v) is 10.9. The molecule has 0 spiro atoms. The van der Waals surface area contributed by atoms with E-state index in [0.717, 1.165) is 12.1 Å². The number of aromatic nitrogens is 2. The maximum Gasteiger partial charge on any atom is 0.422 e. The molecule has 3 rings (SSSR count). The van der Waals surface area contributed by atoms with Crippen LogP contribution in [-0.2, 0) is 6.18 Å². The lowest BCUT2D eigenvalue weighted by atomic mass is 10.1. The number of aromatic amines is 1. The first kappa shape index (κ1) is 15.3. The minimum absolute atomic E-state index is 0.0274. The van der Waals surface area contributed by atoms with Gasteiger partial charge in [-0.1, -0.05) is 0 Å². The molecule has 23 heavy (non-hydrogen) atoms. The summed E-state index contributed by atoms with van der Waals surface area (Å²) in [6.45, 7) is 0. The second-order valence-electron chi connectivity index (χ2n) is 4.68. The van der Waals surface area contributed by atoms with Gasteiger partial charge in [0.1, 0.15) is 23.0 Å². The zero-order chi connectivity index (χ0) is 16.9. The standard InChI is InChI=1S/C14H5F7N2/c15-6-3-10-11(4-7(6)16)23-13(22-10)5-1-8(17)12(9(18)2-5)14(19,20)21/h1-4H,(H,22,23). The van der Waals surface area contributed by atoms with Crippen molar-refractivity contribution in [3.63, 3.8) is 0 Å². The number of fused-ring (bicyclic) bond motifs is 1. The highest BCUT2D eigenvalue weighted by atomic mass is 19.4. The van der Waals surface area contributed by atoms with Gasteiger partial charge in [0, 0.05) is 17.7 Å². The Kier molecular flexibility index (Phi) is 3.31. The molecule has 0 fully saturated rings. The molecular formula is C14H5F7N2. The quantitative estimate of drug-likeness (QED) is 0.636. The van der Waals surface area contributed by atoms with Crippen LogP contribution in [0.3, 0.4) is 0 Å². The lowest BCUT2D eigenvalue weighted by Crippen LogP contribution is -2.11. The molecule has 2 nitrogen and oxygen atoms in total. The summed E-state index contributed by atoms with van der Waals surface area (Å²) in [7, 11) is 0. The van der Waals surface area contributed by atoms with E-state index in [9.17, 15) is 30.7 Å². The smallest absolute Gasteiger partial charge is 0.338 e. The maximum atomic E-state index is 13.6. The summed E-state index contributed by atoms with van der Waals surface area (Å²) < 4.78 is 90.9. The van der Waals surface area contributed by atoms with Gasteiger partial charge in [0.2, 0.25) is 0 Å². The number of H-pyrrole nitrogens is 1. The number of hydrogen-bond donors (Lipinski definition) is 1. The van der Waals surface area contributed by atoms with Crippen LogP contribution in [0.1, 0.15) is 5.56 Å². The molecule has 3 aromatic rings. The lowest BCUT2D eigenvalue weighted by Gasteiger charge is -2.10. The molecule has 0 aliphatic rings. The van der Waals surface area contributed by atoms with Crippen molar-refractivity contribution in [3.05, 3.63) is 53.1 Å². The van der Waals surface area contributed by atoms with Crippen LogP contribution in [0.25, 0.3) is 22.4 Å². The first-order chi connectivity index (χ1) is 10.7. The van der Waals surface area contributed by atoms with Crippen LogP contribution in [0.2, 0.25) is 0 Å². The van der Waals surface area contributed by atoms with E-state index >= 15 is 0 Å². The average Bonchev–Trinajstić information content (AvgIpc) is 2.79. The third-order valence-electron chi connectivity index (χ3n) is 3.12. The van der Waals surface area contributed by atoms with E-state index in [1.165, 1.54) is 0 Å². The molecular weight excluding hydrogens is 329 g/mol. The van der Waals surface area contributed by atoms with E-state index in [4.69, 9.17) is 0 Å². The Balaban J connectivity index is 2.16. The summed E-state index contributed by atoms with van der Waals surface area (Å²) in [6, 6.07) is 2.41. The second kappa shape index (κ2) is 4.97. The Morgan fingerprint density at radius 2 is 1.35 bits per heavy atom. The number of nitrogens with zero attached hydrogens (tertiary/aromatic N) is 1. The fourth-order valence-corrected chi connectivity index (χ4v) is 2.12. The molecule has 0 aliphatic carbocycles. The molecule has 1 N–H and O–H groups in total. The molecule has 1 aromatic heterocycles. The van der Waals surface area contributed by atoms with Crippen molar-refractivity contribution in [1.82, 2.24) is 9.97 Å². The molecule has 120 valence electrons. The predicted octanol–water partition coefficient (Wildman–Crippen LogP) is 4.81. The molecule has 2 aromatic carbocycles. The second-order valence-corrected chi connectivity index (χ2v) is 4.68. The SMILES string of the molecule is Fc1cc2nc(-c3cc(F)c(C(F)(F)F)c(F)c3)[nH]c2cc1F. The molecule has 0 radical (unpaired) electrons. The van der Waals surface area contributed by atoms with Gasteiger partial charge in [0.25, 0.3) is 0 Å². The van der Waals surface area contributed by atoms with Gasteiger partial charge in [-0.25, -0.2) is 22.5 Å². The fourth-order valence-electron chi connectivity index (χ4n) is 2.12. The normalized spacial score (nSPS) is 12.1. The number of hydrogen-bond acceptors (Lipinski definition) is 1. The van der Waals surface area contributed by atoms with Gasteiger partial charge < -0.3 is 4.98 Å². The molecule has 0 unspecified atom stereocenters. The zero-order valence-electron chi connectivity index (χ0n) is 10.9. The molecule has 0 saturated heterocycles. The molecule has 0 aliphatic heterocycles. The van der Waals surface area contributed by atoms with E-state index in [-0.39, 0.29) is 22.4 Å². The van der Waals surface area contributed by atoms with Crippen LogP contribution in [0, 0.1) is 23.3 Å². The summed E-state index contributed by atoms with van der Waals surface area (Å²) in [5.74, 6) is -6.20. The maximum absolute atomic E-state index is 13.6. The van der Waals surface area contributed by atoms with Crippen LogP contribution in [0.15, 0.2) is 24.3 Å². The number of halogens is 7. The predicted molar refractivity (Wildman–Crippen MR) is 66.4 cm³/mol. The summed E-state index contributed by atoms with van der Waals surface area (Å²) in [5, 5.41) is 0. The van der Waals surface area contributed by atoms with Crippen LogP contribution in [0.5, 0.6) is 0 Å². The number of imidazole rings is 1. The Morgan fingerprint density at radius 1 is 0.783 bits per heavy atom. The van der Waals surface area contributed by atoms with Crippen molar-refractivity contribution < 1.29 is 30.7 Å². The Bertz CT molecular complexity index is 849. The Morgan fingerprint density at radius 3 is 1.91 bits per heavy atom. The van der Waals surface area contributed by atoms with Gasteiger partial charge in [0.05, 0.1) is 11.0 Å². The average molecular weight is 334 g/mol. The first-order valence-electron chi connectivity index (χ1n) is 6.08. The summed E-state index contributed by atoms with van der Waals surface area (Å²) >= 11 is 0. The van der Waals surface area contributed by atoms with Gasteiger partial charge in [0.15, 0.2) is 11.6 Å². The highest BCUT2D eigenvalue weighted by Gasteiger charge is 2.38. The van der Waals surface area contributed by atoms with Gasteiger partial charge >= 0.3 is 6.18 Å². The van der Waals surface area contributed by atoms with Gasteiger partial charge in [-0.2, -0.15) is 13.2 Å². The van der Waals surface area contributed by atoms with Gasteiger partial charge in [-0.05, 0) is 12.1 Å². The van der Waals surface area contributed by atoms with Crippen molar-refractivity contribution in [2.75, 3.05) is 0 Å². The van der Waals surface area contributed by atoms with Crippen LogP contribution in [-0.4, -0.2) is 9.97 Å². The van der Waals surface area contributed by atoms with Crippen molar-refractivity contribution in [3.8, 4) is 11.4 Å². The van der Waals surface area contributed by atoms with E-state index < -0.39 is 35.0 Å². The van der Waals surface area contributed by atoms with E-state index in [1.54, 1.807) is 0 Å². The van der Waals surface area contributed by atoms with Crippen molar-refractivity contribution in [2.24, 2.45) is 0 Å². The third-order valence-corrected chi connectivity index (χ3v) is 3.12. The number of rotatable bonds is 1. The molecule has 1 heterocycles. The Labute approximate surface area is 123 Å². The highest BCUT2D eigenvalue weighted by Crippen LogP contribution is 2.35. The molecule has 9 heteroatoms.